The minimum absolute atomic E-state index is 0.350. The molecule has 0 aliphatic rings. The Balaban J connectivity index is 1.57. The number of anilines is 1. The first-order chi connectivity index (χ1) is 14.6. The summed E-state index contributed by atoms with van der Waals surface area (Å²) in [5.74, 6) is 0.0856. The average Bonchev–Trinajstić information content (AvgIpc) is 2.81. The molecule has 0 spiro atoms. The van der Waals surface area contributed by atoms with Crippen molar-refractivity contribution >= 4 is 23.3 Å². The highest BCUT2D eigenvalue weighted by molar-refractivity contribution is 5.95. The fraction of sp³-hybridized carbons (Fsp3) is 0.0909. The van der Waals surface area contributed by atoms with Gasteiger partial charge in [0.25, 0.3) is 5.91 Å². The van der Waals surface area contributed by atoms with Gasteiger partial charge < -0.3 is 14.3 Å². The summed E-state index contributed by atoms with van der Waals surface area (Å²) in [6, 6.07) is 19.8. The maximum atomic E-state index is 12.1. The van der Waals surface area contributed by atoms with Crippen molar-refractivity contribution in [3.63, 3.8) is 0 Å². The monoisotopic (exact) mass is 405 g/mol. The molecule has 152 valence electrons. The number of azo groups is 1. The lowest BCUT2D eigenvalue weighted by Crippen LogP contribution is -2.10. The first-order valence-electron chi connectivity index (χ1n) is 8.90. The number of nitrogens with one attached hydrogen (secondary N) is 1. The third kappa shape index (κ3) is 5.41. The second-order valence-electron chi connectivity index (χ2n) is 6.01. The summed E-state index contributed by atoms with van der Waals surface area (Å²) in [4.78, 5) is 29.3. The third-order valence-corrected chi connectivity index (χ3v) is 4.01. The summed E-state index contributed by atoms with van der Waals surface area (Å²) in [6.45, 7) is 0. The summed E-state index contributed by atoms with van der Waals surface area (Å²) in [6.07, 6.45) is 0. The number of benzene rings is 3. The fourth-order valence-electron chi connectivity index (χ4n) is 2.43. The van der Waals surface area contributed by atoms with E-state index in [0.29, 0.717) is 34.0 Å². The molecule has 0 atom stereocenters. The van der Waals surface area contributed by atoms with Gasteiger partial charge in [-0.2, -0.15) is 0 Å². The Morgan fingerprint density at radius 2 is 1.40 bits per heavy atom. The van der Waals surface area contributed by atoms with Gasteiger partial charge in [0.05, 0.1) is 31.2 Å². The second-order valence-corrected chi connectivity index (χ2v) is 6.01. The summed E-state index contributed by atoms with van der Waals surface area (Å²) < 4.78 is 10.2. The Bertz CT molecular complexity index is 1060. The molecule has 0 unspecified atom stereocenters. The molecular weight excluding hydrogens is 386 g/mol. The van der Waals surface area contributed by atoms with Crippen molar-refractivity contribution < 1.29 is 23.9 Å². The summed E-state index contributed by atoms with van der Waals surface area (Å²) in [5, 5.41) is 7.64. The van der Waals surface area contributed by atoms with Crippen LogP contribution >= 0.6 is 0 Å². The fourth-order valence-corrected chi connectivity index (χ4v) is 2.43. The minimum Gasteiger partial charge on any atom is -0.497 e. The van der Waals surface area contributed by atoms with Crippen molar-refractivity contribution in [1.29, 1.82) is 0 Å². The van der Waals surface area contributed by atoms with E-state index in [0.717, 1.165) is 0 Å². The quantitative estimate of drug-likeness (QED) is 0.447. The van der Waals surface area contributed by atoms with Crippen LogP contribution in [0.2, 0.25) is 0 Å². The van der Waals surface area contributed by atoms with Gasteiger partial charge in [-0.1, -0.05) is 12.1 Å². The topological polar surface area (TPSA) is 98.6 Å². The van der Waals surface area contributed by atoms with E-state index in [4.69, 9.17) is 14.3 Å². The van der Waals surface area contributed by atoms with Crippen LogP contribution in [0.4, 0.5) is 11.4 Å². The van der Waals surface area contributed by atoms with E-state index in [1.54, 1.807) is 72.8 Å². The largest absolute Gasteiger partial charge is 0.497 e. The van der Waals surface area contributed by atoms with Crippen LogP contribution in [-0.4, -0.2) is 26.1 Å². The van der Waals surface area contributed by atoms with Gasteiger partial charge in [-0.15, -0.1) is 10.2 Å². The molecule has 8 heteroatoms. The zero-order valence-electron chi connectivity index (χ0n) is 16.4. The third-order valence-electron chi connectivity index (χ3n) is 4.01. The second kappa shape index (κ2) is 9.83. The van der Waals surface area contributed by atoms with Crippen molar-refractivity contribution in [1.82, 2.24) is 0 Å². The molecule has 30 heavy (non-hydrogen) atoms. The number of methoxy groups -OCH3 is 2. The maximum absolute atomic E-state index is 12.1. The van der Waals surface area contributed by atoms with Crippen molar-refractivity contribution in [3.8, 4) is 11.5 Å². The number of carbonyl (C=O) groups excluding carboxylic acids is 2. The molecule has 0 fully saturated rings. The highest BCUT2D eigenvalue weighted by atomic mass is 16.7. The van der Waals surface area contributed by atoms with E-state index in [9.17, 15) is 9.59 Å². The van der Waals surface area contributed by atoms with Crippen LogP contribution in [-0.2, 0) is 4.84 Å². The van der Waals surface area contributed by atoms with E-state index in [-0.39, 0.29) is 0 Å². The first kappa shape index (κ1) is 20.5. The number of carbonyl (C=O) groups is 2. The van der Waals surface area contributed by atoms with Gasteiger partial charge in [0.15, 0.2) is 0 Å². The number of hydrogen-bond donors (Lipinski definition) is 1. The molecule has 0 aliphatic heterocycles. The van der Waals surface area contributed by atoms with Gasteiger partial charge in [-0.25, -0.2) is 10.3 Å². The summed E-state index contributed by atoms with van der Waals surface area (Å²) in [7, 11) is 3.04. The van der Waals surface area contributed by atoms with Gasteiger partial charge in [-0.3, -0.25) is 4.79 Å². The zero-order valence-corrected chi connectivity index (χ0v) is 16.4. The molecule has 3 rings (SSSR count). The lowest BCUT2D eigenvalue weighted by Gasteiger charge is -2.07. The number of ether oxygens (including phenoxy) is 2. The van der Waals surface area contributed by atoms with Gasteiger partial charge in [0.1, 0.15) is 11.5 Å². The SMILES string of the molecule is COc1cccc(C(=O)N=Nc2ccc(NOC(=O)c3cccc(OC)c3)cc2)c1. The smallest absolute Gasteiger partial charge is 0.362 e. The number of nitrogens with zero attached hydrogens (tertiary/aromatic N) is 2. The summed E-state index contributed by atoms with van der Waals surface area (Å²) in [5.41, 5.74) is 4.29. The molecule has 0 radical (unpaired) electrons. The van der Waals surface area contributed by atoms with Gasteiger partial charge in [0.2, 0.25) is 0 Å². The van der Waals surface area contributed by atoms with Crippen LogP contribution in [0.25, 0.3) is 0 Å². The molecular formula is C22H19N3O5. The highest BCUT2D eigenvalue weighted by Gasteiger charge is 2.09. The Kier molecular flexibility index (Phi) is 6.73. The molecule has 0 aliphatic carbocycles. The number of rotatable bonds is 7. The average molecular weight is 405 g/mol. The predicted molar refractivity (Wildman–Crippen MR) is 110 cm³/mol. The van der Waals surface area contributed by atoms with E-state index in [1.807, 2.05) is 0 Å². The van der Waals surface area contributed by atoms with E-state index < -0.39 is 11.9 Å². The molecule has 1 amide bonds. The molecule has 0 heterocycles. The van der Waals surface area contributed by atoms with Crippen LogP contribution in [0, 0.1) is 0 Å². The van der Waals surface area contributed by atoms with Gasteiger partial charge >= 0.3 is 5.97 Å². The van der Waals surface area contributed by atoms with E-state index in [2.05, 4.69) is 15.7 Å². The molecule has 3 aromatic rings. The lowest BCUT2D eigenvalue weighted by atomic mass is 10.2. The van der Waals surface area contributed by atoms with Crippen LogP contribution in [0.3, 0.4) is 0 Å². The van der Waals surface area contributed by atoms with Crippen molar-refractivity contribution in [2.75, 3.05) is 19.7 Å². The molecule has 1 N–H and O–H groups in total. The van der Waals surface area contributed by atoms with Crippen LogP contribution < -0.4 is 15.0 Å². The number of amides is 1. The Labute approximate surface area is 173 Å². The molecule has 0 saturated heterocycles. The normalized spacial score (nSPS) is 10.5. The Morgan fingerprint density at radius 3 is 2.03 bits per heavy atom. The van der Waals surface area contributed by atoms with Crippen LogP contribution in [0.5, 0.6) is 11.5 Å². The molecule has 8 nitrogen and oxygen atoms in total. The van der Waals surface area contributed by atoms with Gasteiger partial charge in [0, 0.05) is 5.56 Å². The van der Waals surface area contributed by atoms with E-state index >= 15 is 0 Å². The summed E-state index contributed by atoms with van der Waals surface area (Å²) >= 11 is 0. The molecule has 3 aromatic carbocycles. The van der Waals surface area contributed by atoms with Crippen molar-refractivity contribution in [3.05, 3.63) is 83.9 Å². The van der Waals surface area contributed by atoms with Crippen molar-refractivity contribution in [2.45, 2.75) is 0 Å². The lowest BCUT2D eigenvalue weighted by molar-refractivity contribution is 0.0596. The van der Waals surface area contributed by atoms with Crippen LogP contribution in [0.1, 0.15) is 20.7 Å². The highest BCUT2D eigenvalue weighted by Crippen LogP contribution is 2.19. The molecule has 0 saturated carbocycles. The predicted octanol–water partition coefficient (Wildman–Crippen LogP) is 4.81. The first-order valence-corrected chi connectivity index (χ1v) is 8.90. The zero-order chi connectivity index (χ0) is 21.3. The minimum atomic E-state index is -0.554. The van der Waals surface area contributed by atoms with E-state index in [1.165, 1.54) is 14.2 Å². The Hall–Kier alpha value is -4.20. The Morgan fingerprint density at radius 1 is 0.800 bits per heavy atom. The maximum Gasteiger partial charge on any atom is 0.362 e. The molecule has 0 aromatic heterocycles. The van der Waals surface area contributed by atoms with Crippen LogP contribution in [0.15, 0.2) is 83.0 Å². The van der Waals surface area contributed by atoms with Gasteiger partial charge in [-0.05, 0) is 60.7 Å². The van der Waals surface area contributed by atoms with Crippen molar-refractivity contribution in [2.24, 2.45) is 10.2 Å². The number of hydrogen-bond acceptors (Lipinski definition) is 7. The molecule has 0 bridgehead atoms. The standard InChI is InChI=1S/C22H19N3O5/c1-28-19-7-3-5-15(13-19)21(26)24-23-17-9-11-18(12-10-17)25-30-22(27)16-6-4-8-20(14-16)29-2/h3-14,25H,1-2H3.